The molecule has 1 heterocycles. The lowest BCUT2D eigenvalue weighted by Crippen LogP contribution is -2.12. The van der Waals surface area contributed by atoms with Crippen LogP contribution in [0.15, 0.2) is 34.7 Å². The average Bonchev–Trinajstić information content (AvgIpc) is 2.69. The Kier molecular flexibility index (Phi) is 3.37. The Bertz CT molecular complexity index is 448. The second-order valence-electron chi connectivity index (χ2n) is 3.67. The van der Waals surface area contributed by atoms with Gasteiger partial charge in [-0.3, -0.25) is 0 Å². The SMILES string of the molecule is CCNCc1nc(-c2ccccc2)oc1C. The zero-order valence-electron chi connectivity index (χ0n) is 9.66. The molecule has 3 nitrogen and oxygen atoms in total. The molecule has 84 valence electrons. The Hall–Kier alpha value is -1.61. The van der Waals surface area contributed by atoms with Crippen molar-refractivity contribution in [3.05, 3.63) is 41.8 Å². The Balaban J connectivity index is 2.24. The molecule has 0 saturated carbocycles. The molecule has 1 aromatic heterocycles. The Morgan fingerprint density at radius 3 is 2.69 bits per heavy atom. The third-order valence-corrected chi connectivity index (χ3v) is 2.46. The summed E-state index contributed by atoms with van der Waals surface area (Å²) >= 11 is 0. The summed E-state index contributed by atoms with van der Waals surface area (Å²) in [5, 5.41) is 3.25. The lowest BCUT2D eigenvalue weighted by Gasteiger charge is -1.96. The number of hydrogen-bond acceptors (Lipinski definition) is 3. The summed E-state index contributed by atoms with van der Waals surface area (Å²) in [7, 11) is 0. The maximum absolute atomic E-state index is 5.65. The zero-order chi connectivity index (χ0) is 11.4. The van der Waals surface area contributed by atoms with Gasteiger partial charge in [0, 0.05) is 12.1 Å². The predicted octanol–water partition coefficient (Wildman–Crippen LogP) is 2.76. The van der Waals surface area contributed by atoms with Crippen molar-refractivity contribution < 1.29 is 4.42 Å². The standard InChI is InChI=1S/C13H16N2O/c1-3-14-9-12-10(2)16-13(15-12)11-7-5-4-6-8-11/h4-8,14H,3,9H2,1-2H3. The average molecular weight is 216 g/mol. The van der Waals surface area contributed by atoms with Crippen LogP contribution in [0.4, 0.5) is 0 Å². The van der Waals surface area contributed by atoms with Crippen molar-refractivity contribution in [3.63, 3.8) is 0 Å². The third-order valence-electron chi connectivity index (χ3n) is 2.46. The normalized spacial score (nSPS) is 10.6. The van der Waals surface area contributed by atoms with E-state index in [0.29, 0.717) is 5.89 Å². The number of oxazole rings is 1. The molecule has 0 aliphatic rings. The number of hydrogen-bond donors (Lipinski definition) is 1. The van der Waals surface area contributed by atoms with E-state index in [-0.39, 0.29) is 0 Å². The summed E-state index contributed by atoms with van der Waals surface area (Å²) in [5.41, 5.74) is 2.01. The molecule has 0 atom stereocenters. The van der Waals surface area contributed by atoms with Gasteiger partial charge in [0.15, 0.2) is 0 Å². The van der Waals surface area contributed by atoms with Gasteiger partial charge >= 0.3 is 0 Å². The van der Waals surface area contributed by atoms with Crippen LogP contribution in [0, 0.1) is 6.92 Å². The second-order valence-corrected chi connectivity index (χ2v) is 3.67. The van der Waals surface area contributed by atoms with Crippen LogP contribution in [-0.2, 0) is 6.54 Å². The van der Waals surface area contributed by atoms with Crippen LogP contribution >= 0.6 is 0 Å². The van der Waals surface area contributed by atoms with Crippen LogP contribution in [-0.4, -0.2) is 11.5 Å². The predicted molar refractivity (Wildman–Crippen MR) is 64.1 cm³/mol. The molecule has 0 aliphatic heterocycles. The van der Waals surface area contributed by atoms with E-state index in [9.17, 15) is 0 Å². The summed E-state index contributed by atoms with van der Waals surface area (Å²) in [6.07, 6.45) is 0. The molecule has 16 heavy (non-hydrogen) atoms. The van der Waals surface area contributed by atoms with Crippen molar-refractivity contribution in [2.75, 3.05) is 6.54 Å². The number of aromatic nitrogens is 1. The molecule has 0 fully saturated rings. The molecule has 1 aromatic carbocycles. The Morgan fingerprint density at radius 1 is 1.25 bits per heavy atom. The summed E-state index contributed by atoms with van der Waals surface area (Å²) in [6, 6.07) is 9.96. The van der Waals surface area contributed by atoms with Gasteiger partial charge in [-0.2, -0.15) is 0 Å². The quantitative estimate of drug-likeness (QED) is 0.854. The third kappa shape index (κ3) is 2.31. The van der Waals surface area contributed by atoms with E-state index in [4.69, 9.17) is 4.42 Å². The van der Waals surface area contributed by atoms with Crippen molar-refractivity contribution in [1.82, 2.24) is 10.3 Å². The highest BCUT2D eigenvalue weighted by Gasteiger charge is 2.09. The van der Waals surface area contributed by atoms with Gasteiger partial charge < -0.3 is 9.73 Å². The summed E-state index contributed by atoms with van der Waals surface area (Å²) < 4.78 is 5.65. The van der Waals surface area contributed by atoms with Gasteiger partial charge in [-0.1, -0.05) is 25.1 Å². The van der Waals surface area contributed by atoms with Crippen LogP contribution in [0.3, 0.4) is 0 Å². The lowest BCUT2D eigenvalue weighted by atomic mass is 10.2. The first-order valence-electron chi connectivity index (χ1n) is 5.53. The number of rotatable bonds is 4. The summed E-state index contributed by atoms with van der Waals surface area (Å²) in [4.78, 5) is 4.49. The van der Waals surface area contributed by atoms with Gasteiger partial charge in [-0.25, -0.2) is 4.98 Å². The molecule has 0 aliphatic carbocycles. The Morgan fingerprint density at radius 2 is 2.00 bits per heavy atom. The van der Waals surface area contributed by atoms with Crippen LogP contribution in [0.5, 0.6) is 0 Å². The first-order valence-corrected chi connectivity index (χ1v) is 5.53. The molecule has 0 bridgehead atoms. The first kappa shape index (κ1) is 10.9. The minimum Gasteiger partial charge on any atom is -0.441 e. The molecule has 0 amide bonds. The number of benzene rings is 1. The highest BCUT2D eigenvalue weighted by molar-refractivity contribution is 5.53. The van der Waals surface area contributed by atoms with Crippen molar-refractivity contribution in [2.45, 2.75) is 20.4 Å². The van der Waals surface area contributed by atoms with Gasteiger partial charge in [0.05, 0.1) is 5.69 Å². The fraction of sp³-hybridized carbons (Fsp3) is 0.308. The molecule has 0 radical (unpaired) electrons. The van der Waals surface area contributed by atoms with Gasteiger partial charge in [0.2, 0.25) is 5.89 Å². The van der Waals surface area contributed by atoms with E-state index in [1.165, 1.54) is 0 Å². The van der Waals surface area contributed by atoms with Crippen molar-refractivity contribution in [2.24, 2.45) is 0 Å². The maximum Gasteiger partial charge on any atom is 0.226 e. The van der Waals surface area contributed by atoms with Crippen LogP contribution < -0.4 is 5.32 Å². The van der Waals surface area contributed by atoms with E-state index < -0.39 is 0 Å². The van der Waals surface area contributed by atoms with E-state index in [2.05, 4.69) is 17.2 Å². The molecule has 0 unspecified atom stereocenters. The van der Waals surface area contributed by atoms with E-state index in [1.54, 1.807) is 0 Å². The molecule has 0 spiro atoms. The molecule has 2 aromatic rings. The second kappa shape index (κ2) is 4.94. The Labute approximate surface area is 95.5 Å². The van der Waals surface area contributed by atoms with Crippen LogP contribution in [0.1, 0.15) is 18.4 Å². The highest BCUT2D eigenvalue weighted by atomic mass is 16.4. The minimum atomic E-state index is 0.700. The fourth-order valence-electron chi connectivity index (χ4n) is 1.54. The van der Waals surface area contributed by atoms with Crippen LogP contribution in [0.2, 0.25) is 0 Å². The molecule has 3 heteroatoms. The monoisotopic (exact) mass is 216 g/mol. The lowest BCUT2D eigenvalue weighted by molar-refractivity contribution is 0.537. The molecule has 2 rings (SSSR count). The summed E-state index contributed by atoms with van der Waals surface area (Å²) in [6.45, 7) is 5.73. The fourth-order valence-corrected chi connectivity index (χ4v) is 1.54. The van der Waals surface area contributed by atoms with Gasteiger partial charge in [0.25, 0.3) is 0 Å². The molecular formula is C13H16N2O. The largest absolute Gasteiger partial charge is 0.441 e. The first-order chi connectivity index (χ1) is 7.81. The maximum atomic E-state index is 5.65. The smallest absolute Gasteiger partial charge is 0.226 e. The zero-order valence-corrected chi connectivity index (χ0v) is 9.66. The topological polar surface area (TPSA) is 38.1 Å². The van der Waals surface area contributed by atoms with Gasteiger partial charge in [-0.05, 0) is 25.6 Å². The molecule has 1 N–H and O–H groups in total. The number of nitrogens with one attached hydrogen (secondary N) is 1. The van der Waals surface area contributed by atoms with Crippen molar-refractivity contribution in [3.8, 4) is 11.5 Å². The van der Waals surface area contributed by atoms with Crippen molar-refractivity contribution >= 4 is 0 Å². The van der Waals surface area contributed by atoms with Gasteiger partial charge in [0.1, 0.15) is 5.76 Å². The van der Waals surface area contributed by atoms with Crippen molar-refractivity contribution in [1.29, 1.82) is 0 Å². The van der Waals surface area contributed by atoms with E-state index in [1.807, 2.05) is 37.3 Å². The number of aryl methyl sites for hydroxylation is 1. The van der Waals surface area contributed by atoms with Crippen LogP contribution in [0.25, 0.3) is 11.5 Å². The highest BCUT2D eigenvalue weighted by Crippen LogP contribution is 2.21. The molecule has 0 saturated heterocycles. The van der Waals surface area contributed by atoms with E-state index >= 15 is 0 Å². The minimum absolute atomic E-state index is 0.700. The van der Waals surface area contributed by atoms with Gasteiger partial charge in [-0.15, -0.1) is 0 Å². The summed E-state index contributed by atoms with van der Waals surface area (Å²) in [5.74, 6) is 1.59. The number of nitrogens with zero attached hydrogens (tertiary/aromatic N) is 1. The molecular weight excluding hydrogens is 200 g/mol. The van der Waals surface area contributed by atoms with E-state index in [0.717, 1.165) is 30.1 Å².